The summed E-state index contributed by atoms with van der Waals surface area (Å²) in [6, 6.07) is 5.64. The molecule has 2 aliphatic heterocycles. The Balaban J connectivity index is 1.55. The highest BCUT2D eigenvalue weighted by molar-refractivity contribution is 6.02. The van der Waals surface area contributed by atoms with E-state index < -0.39 is 5.82 Å². The molecule has 2 saturated heterocycles. The number of benzene rings is 2. The maximum atomic E-state index is 16.5. The van der Waals surface area contributed by atoms with E-state index in [0.717, 1.165) is 68.5 Å². The number of piperidine rings is 1. The van der Waals surface area contributed by atoms with E-state index in [4.69, 9.17) is 11.3 Å². The first kappa shape index (κ1) is 27.7. The van der Waals surface area contributed by atoms with Gasteiger partial charge in [0.1, 0.15) is 0 Å². The van der Waals surface area contributed by atoms with Crippen molar-refractivity contribution in [2.24, 2.45) is 12.5 Å². The third-order valence-electron chi connectivity index (χ3n) is 8.37. The van der Waals surface area contributed by atoms with Crippen LogP contribution in [-0.2, 0) is 11.8 Å². The van der Waals surface area contributed by atoms with Gasteiger partial charge in [0.15, 0.2) is 11.6 Å². The molecule has 40 heavy (non-hydrogen) atoms. The molecule has 0 atom stereocenters. The number of likely N-dealkylation sites (tertiary alicyclic amines) is 1. The molecule has 2 aromatic carbocycles. The topological polar surface area (TPSA) is 58.2 Å². The number of fused-ring (bicyclic) bond motifs is 1. The molecule has 3 heterocycles. The van der Waals surface area contributed by atoms with Gasteiger partial charge in [-0.1, -0.05) is 18.7 Å². The molecule has 1 aromatic heterocycles. The smallest absolute Gasteiger partial charge is 0.245 e. The van der Waals surface area contributed by atoms with Crippen LogP contribution in [-0.4, -0.2) is 78.9 Å². The number of carbonyl (C=O) groups excluding carboxylic acids is 1. The van der Waals surface area contributed by atoms with Crippen LogP contribution in [0.4, 0.5) is 15.8 Å². The maximum absolute atomic E-state index is 16.5. The Morgan fingerprint density at radius 3 is 2.65 bits per heavy atom. The molecule has 0 bridgehead atoms. The zero-order valence-corrected chi connectivity index (χ0v) is 23.8. The van der Waals surface area contributed by atoms with Gasteiger partial charge in [-0.2, -0.15) is 5.10 Å². The SMILES string of the molecule is [C-]#[N+]c1c(N2CCC3(CC2)CN(C(=O)C=C)C3)cc(OCCCN(C)C)c(F)c1-c1c(C)ccc2cnn(C)c12. The Hall–Kier alpha value is -3.90. The monoisotopic (exact) mass is 544 g/mol. The molecular formula is C31H37FN6O2. The summed E-state index contributed by atoms with van der Waals surface area (Å²) in [5.41, 5.74) is 3.69. The molecule has 0 radical (unpaired) electrons. The van der Waals surface area contributed by atoms with Gasteiger partial charge in [0.25, 0.3) is 0 Å². The summed E-state index contributed by atoms with van der Waals surface area (Å²) >= 11 is 0. The molecule has 9 heteroatoms. The van der Waals surface area contributed by atoms with Crippen molar-refractivity contribution in [2.45, 2.75) is 26.2 Å². The number of aromatic nitrogens is 2. The van der Waals surface area contributed by atoms with E-state index in [2.05, 4.69) is 26.3 Å². The second-order valence-electron chi connectivity index (χ2n) is 11.4. The predicted molar refractivity (Wildman–Crippen MR) is 156 cm³/mol. The van der Waals surface area contributed by atoms with Gasteiger partial charge >= 0.3 is 0 Å². The summed E-state index contributed by atoms with van der Waals surface area (Å²) in [7, 11) is 5.83. The molecule has 3 aromatic rings. The van der Waals surface area contributed by atoms with Crippen molar-refractivity contribution < 1.29 is 13.9 Å². The Labute approximate surface area is 235 Å². The summed E-state index contributed by atoms with van der Waals surface area (Å²) in [6.45, 7) is 17.9. The third-order valence-corrected chi connectivity index (χ3v) is 8.37. The lowest BCUT2D eigenvalue weighted by molar-refractivity contribution is -0.139. The van der Waals surface area contributed by atoms with Crippen molar-refractivity contribution in [3.63, 3.8) is 0 Å². The van der Waals surface area contributed by atoms with Crippen molar-refractivity contribution >= 4 is 28.2 Å². The number of anilines is 1. The number of hydrogen-bond donors (Lipinski definition) is 0. The first-order valence-electron chi connectivity index (χ1n) is 13.8. The van der Waals surface area contributed by atoms with Gasteiger partial charge in [-0.05, 0) is 58.0 Å². The van der Waals surface area contributed by atoms with Crippen molar-refractivity contribution in [1.29, 1.82) is 0 Å². The third kappa shape index (κ3) is 4.92. The molecule has 8 nitrogen and oxygen atoms in total. The molecule has 0 saturated carbocycles. The molecule has 2 fully saturated rings. The molecule has 0 aliphatic carbocycles. The fourth-order valence-corrected chi connectivity index (χ4v) is 6.13. The van der Waals surface area contributed by atoms with Crippen molar-refractivity contribution in [3.8, 4) is 16.9 Å². The lowest BCUT2D eigenvalue weighted by atomic mass is 9.72. The van der Waals surface area contributed by atoms with Crippen LogP contribution in [0.2, 0.25) is 0 Å². The average Bonchev–Trinajstić information content (AvgIpc) is 3.30. The van der Waals surface area contributed by atoms with Gasteiger partial charge in [-0.3, -0.25) is 9.48 Å². The van der Waals surface area contributed by atoms with E-state index in [0.29, 0.717) is 23.5 Å². The molecule has 0 N–H and O–H groups in total. The number of nitrogens with zero attached hydrogens (tertiary/aromatic N) is 6. The van der Waals surface area contributed by atoms with Gasteiger partial charge in [-0.25, -0.2) is 9.24 Å². The minimum Gasteiger partial charge on any atom is -0.490 e. The van der Waals surface area contributed by atoms with E-state index in [1.165, 1.54) is 6.08 Å². The number of halogens is 1. The number of ether oxygens (including phenoxy) is 1. The van der Waals surface area contributed by atoms with Gasteiger partial charge < -0.3 is 19.4 Å². The minimum absolute atomic E-state index is 0.0257. The Morgan fingerprint density at radius 2 is 2.00 bits per heavy atom. The van der Waals surface area contributed by atoms with E-state index >= 15 is 4.39 Å². The van der Waals surface area contributed by atoms with Crippen molar-refractivity contribution in [3.05, 3.63) is 59.8 Å². The van der Waals surface area contributed by atoms with Crippen LogP contribution in [0.3, 0.4) is 0 Å². The second kappa shape index (κ2) is 10.9. The van der Waals surface area contributed by atoms with E-state index in [1.807, 2.05) is 45.1 Å². The number of carbonyl (C=O) groups is 1. The summed E-state index contributed by atoms with van der Waals surface area (Å²) in [5.74, 6) is -0.369. The Kier molecular flexibility index (Phi) is 7.56. The average molecular weight is 545 g/mol. The quantitative estimate of drug-likeness (QED) is 0.222. The fourth-order valence-electron chi connectivity index (χ4n) is 6.13. The van der Waals surface area contributed by atoms with Crippen molar-refractivity contribution in [2.75, 3.05) is 58.3 Å². The number of amides is 1. The summed E-state index contributed by atoms with van der Waals surface area (Å²) in [5, 5.41) is 5.30. The van der Waals surface area contributed by atoms with Crippen LogP contribution in [0.5, 0.6) is 5.75 Å². The molecule has 0 unspecified atom stereocenters. The normalized spacial score (nSPS) is 16.3. The van der Waals surface area contributed by atoms with Crippen LogP contribution in [0.15, 0.2) is 37.1 Å². The van der Waals surface area contributed by atoms with Gasteiger partial charge in [0.05, 0.1) is 24.9 Å². The van der Waals surface area contributed by atoms with E-state index in [9.17, 15) is 4.79 Å². The van der Waals surface area contributed by atoms with Gasteiger partial charge in [-0.15, -0.1) is 0 Å². The predicted octanol–water partition coefficient (Wildman–Crippen LogP) is 5.18. The molecular weight excluding hydrogens is 507 g/mol. The molecule has 1 amide bonds. The van der Waals surface area contributed by atoms with Crippen LogP contribution < -0.4 is 9.64 Å². The largest absolute Gasteiger partial charge is 0.490 e. The Bertz CT molecular complexity index is 1490. The van der Waals surface area contributed by atoms with Crippen LogP contribution >= 0.6 is 0 Å². The zero-order chi connectivity index (χ0) is 28.6. The van der Waals surface area contributed by atoms with Gasteiger partial charge in [0.2, 0.25) is 11.6 Å². The standard InChI is InChI=1S/C31H37FN6O2/c1-7-25(39)38-19-31(20-38)11-14-37(15-12-31)23-17-24(40-16-8-13-35(4)5)28(32)27(29(23)33-3)26-21(2)9-10-22-18-34-36(6)30(22)26/h7,9-10,17-18H,1,8,11-16,19-20H2,2,4-6H3. The van der Waals surface area contributed by atoms with Crippen LogP contribution in [0.1, 0.15) is 24.8 Å². The molecule has 5 rings (SSSR count). The van der Waals surface area contributed by atoms with E-state index in [-0.39, 0.29) is 22.6 Å². The number of rotatable bonds is 8. The summed E-state index contributed by atoms with van der Waals surface area (Å²) in [6.07, 6.45) is 5.68. The number of hydrogen-bond acceptors (Lipinski definition) is 5. The lowest BCUT2D eigenvalue weighted by Crippen LogP contribution is -2.61. The molecule has 1 spiro atoms. The lowest BCUT2D eigenvalue weighted by Gasteiger charge is -2.54. The minimum atomic E-state index is -0.512. The maximum Gasteiger partial charge on any atom is 0.245 e. The highest BCUT2D eigenvalue weighted by Crippen LogP contribution is 2.50. The van der Waals surface area contributed by atoms with Crippen molar-refractivity contribution in [1.82, 2.24) is 19.6 Å². The van der Waals surface area contributed by atoms with Gasteiger partial charge in [0, 0.05) is 67.4 Å². The fraction of sp³-hybridized carbons (Fsp3) is 0.452. The highest BCUT2D eigenvalue weighted by atomic mass is 19.1. The highest BCUT2D eigenvalue weighted by Gasteiger charge is 2.46. The van der Waals surface area contributed by atoms with Crippen LogP contribution in [0, 0.1) is 24.7 Å². The first-order valence-corrected chi connectivity index (χ1v) is 13.8. The molecule has 210 valence electrons. The first-order chi connectivity index (χ1) is 19.2. The molecule has 2 aliphatic rings. The van der Waals surface area contributed by atoms with Crippen LogP contribution in [0.25, 0.3) is 26.9 Å². The van der Waals surface area contributed by atoms with E-state index in [1.54, 1.807) is 16.9 Å². The Morgan fingerprint density at radius 1 is 1.27 bits per heavy atom. The summed E-state index contributed by atoms with van der Waals surface area (Å²) < 4.78 is 24.3. The zero-order valence-electron chi connectivity index (χ0n) is 23.8. The second-order valence-corrected chi connectivity index (χ2v) is 11.4. The number of aryl methyl sites for hydroxylation is 2. The summed E-state index contributed by atoms with van der Waals surface area (Å²) in [4.78, 5) is 22.0.